The Morgan fingerprint density at radius 1 is 1.18 bits per heavy atom. The Kier molecular flexibility index (Phi) is 10.7. The second-order valence-corrected chi connectivity index (χ2v) is 8.03. The van der Waals surface area contributed by atoms with Crippen molar-refractivity contribution in [3.63, 3.8) is 0 Å². The lowest BCUT2D eigenvalue weighted by Gasteiger charge is -2.27. The Labute approximate surface area is 201 Å². The van der Waals surface area contributed by atoms with Gasteiger partial charge in [0.1, 0.15) is 11.8 Å². The Balaban J connectivity index is 0.00000199. The van der Waals surface area contributed by atoms with Gasteiger partial charge in [-0.3, -0.25) is 19.4 Å². The summed E-state index contributed by atoms with van der Waals surface area (Å²) < 4.78 is 5.34. The first-order valence-corrected chi connectivity index (χ1v) is 11.8. The number of likely N-dealkylation sites (tertiary alicyclic amines) is 1. The molecule has 2 amide bonds. The Hall–Kier alpha value is -3.26. The van der Waals surface area contributed by atoms with E-state index < -0.39 is 18.1 Å². The number of nitrogens with two attached hydrogens (primary N) is 1. The van der Waals surface area contributed by atoms with E-state index in [1.54, 1.807) is 30.5 Å². The molecule has 2 aromatic rings. The molecular weight excluding hydrogens is 432 g/mol. The molecule has 0 aliphatic carbocycles. The summed E-state index contributed by atoms with van der Waals surface area (Å²) in [7, 11) is 1.56. The zero-order valence-electron chi connectivity index (χ0n) is 20.5. The van der Waals surface area contributed by atoms with Gasteiger partial charge in [0.15, 0.2) is 5.78 Å². The number of hydrogen-bond donors (Lipinski definition) is 2. The number of ketones is 1. The molecule has 1 aromatic carbocycles. The normalized spacial score (nSPS) is 16.6. The van der Waals surface area contributed by atoms with E-state index in [1.165, 1.54) is 6.92 Å². The van der Waals surface area contributed by atoms with E-state index in [2.05, 4.69) is 10.3 Å². The molecule has 1 aliphatic heterocycles. The number of nitrogens with one attached hydrogen (secondary N) is 1. The maximum Gasteiger partial charge on any atom is 0.243 e. The van der Waals surface area contributed by atoms with E-state index in [0.717, 1.165) is 17.5 Å². The maximum atomic E-state index is 13.0. The van der Waals surface area contributed by atoms with E-state index in [-0.39, 0.29) is 24.0 Å². The van der Waals surface area contributed by atoms with Crippen LogP contribution in [0.5, 0.6) is 5.75 Å². The highest BCUT2D eigenvalue weighted by molar-refractivity contribution is 5.92. The third-order valence-corrected chi connectivity index (χ3v) is 5.81. The lowest BCUT2D eigenvalue weighted by molar-refractivity contribution is -0.139. The van der Waals surface area contributed by atoms with Gasteiger partial charge in [0.2, 0.25) is 11.8 Å². The van der Waals surface area contributed by atoms with Gasteiger partial charge in [-0.2, -0.15) is 0 Å². The van der Waals surface area contributed by atoms with Crippen LogP contribution in [0.3, 0.4) is 0 Å². The number of Topliss-reactive ketones (excluding diaryl/α,β-unsaturated/α-hetero) is 1. The van der Waals surface area contributed by atoms with Crippen molar-refractivity contribution in [1.29, 1.82) is 0 Å². The van der Waals surface area contributed by atoms with Crippen LogP contribution >= 0.6 is 0 Å². The summed E-state index contributed by atoms with van der Waals surface area (Å²) in [6.07, 6.45) is 5.03. The quantitative estimate of drug-likeness (QED) is 0.585. The van der Waals surface area contributed by atoms with Gasteiger partial charge in [0, 0.05) is 37.0 Å². The fraction of sp³-hybridized carbons (Fsp3) is 0.462. The molecule has 3 N–H and O–H groups in total. The standard InChI is InChI=1S/C24H30N4O4.C2H6/c1-16(29)20(14-17-9-11-26-12-10-17)27-24(31)21-7-5-13-28(21)23(30)15-19(25)18-6-3-4-8-22(18)32-2;1-2/h3-4,6,8-12,19-21H,5,7,13-15,25H2,1-2H3,(H,27,31);1-2H3/t19?,20?,21-;/m0./s1. The predicted octanol–water partition coefficient (Wildman–Crippen LogP) is 2.81. The summed E-state index contributed by atoms with van der Waals surface area (Å²) in [4.78, 5) is 43.7. The number of hydrogen-bond acceptors (Lipinski definition) is 6. The Bertz CT molecular complexity index is 951. The van der Waals surface area contributed by atoms with E-state index >= 15 is 0 Å². The van der Waals surface area contributed by atoms with E-state index in [9.17, 15) is 14.4 Å². The van der Waals surface area contributed by atoms with Crippen molar-refractivity contribution in [3.8, 4) is 5.75 Å². The molecule has 8 nitrogen and oxygen atoms in total. The van der Waals surface area contributed by atoms with Gasteiger partial charge in [0.25, 0.3) is 0 Å². The minimum atomic E-state index is -0.654. The Morgan fingerprint density at radius 2 is 1.85 bits per heavy atom. The number of amides is 2. The third kappa shape index (κ3) is 7.12. The zero-order valence-corrected chi connectivity index (χ0v) is 20.5. The second-order valence-electron chi connectivity index (χ2n) is 8.03. The van der Waals surface area contributed by atoms with Gasteiger partial charge in [0.05, 0.1) is 13.2 Å². The number of para-hydroxylation sites is 1. The van der Waals surface area contributed by atoms with Crippen molar-refractivity contribution >= 4 is 17.6 Å². The molecule has 2 unspecified atom stereocenters. The molecule has 0 saturated carbocycles. The number of ether oxygens (including phenoxy) is 1. The molecule has 1 aliphatic rings. The number of nitrogens with zero attached hydrogens (tertiary/aromatic N) is 2. The van der Waals surface area contributed by atoms with Crippen molar-refractivity contribution in [2.45, 2.75) is 64.6 Å². The van der Waals surface area contributed by atoms with Crippen LogP contribution < -0.4 is 15.8 Å². The summed E-state index contributed by atoms with van der Waals surface area (Å²) in [5.74, 6) is -0.00121. The molecule has 0 radical (unpaired) electrons. The van der Waals surface area contributed by atoms with Crippen LogP contribution in [0.2, 0.25) is 0 Å². The number of benzene rings is 1. The Morgan fingerprint density at radius 3 is 2.50 bits per heavy atom. The minimum Gasteiger partial charge on any atom is -0.496 e. The molecule has 1 saturated heterocycles. The van der Waals surface area contributed by atoms with Gasteiger partial charge < -0.3 is 20.7 Å². The molecule has 3 atom stereocenters. The number of aromatic nitrogens is 1. The monoisotopic (exact) mass is 468 g/mol. The lowest BCUT2D eigenvalue weighted by atomic mass is 10.0. The molecule has 0 spiro atoms. The molecule has 3 rings (SSSR count). The van der Waals surface area contributed by atoms with Crippen LogP contribution in [0.1, 0.15) is 57.2 Å². The number of carbonyl (C=O) groups excluding carboxylic acids is 3. The van der Waals surface area contributed by atoms with Crippen molar-refractivity contribution in [2.24, 2.45) is 5.73 Å². The molecular formula is C26H36N4O4. The topological polar surface area (TPSA) is 115 Å². The lowest BCUT2D eigenvalue weighted by Crippen LogP contribution is -2.51. The first kappa shape index (κ1) is 27.0. The highest BCUT2D eigenvalue weighted by Crippen LogP contribution is 2.27. The number of carbonyl (C=O) groups is 3. The number of rotatable bonds is 9. The van der Waals surface area contributed by atoms with E-state index in [1.807, 2.05) is 44.2 Å². The largest absolute Gasteiger partial charge is 0.496 e. The summed E-state index contributed by atoms with van der Waals surface area (Å²) in [6.45, 7) is 5.95. The molecule has 184 valence electrons. The predicted molar refractivity (Wildman–Crippen MR) is 131 cm³/mol. The van der Waals surface area contributed by atoms with Gasteiger partial charge >= 0.3 is 0 Å². The first-order chi connectivity index (χ1) is 16.4. The smallest absolute Gasteiger partial charge is 0.243 e. The van der Waals surface area contributed by atoms with Gasteiger partial charge in [-0.15, -0.1) is 0 Å². The van der Waals surface area contributed by atoms with Crippen LogP contribution in [0.25, 0.3) is 0 Å². The van der Waals surface area contributed by atoms with Crippen LogP contribution in [0.4, 0.5) is 0 Å². The molecule has 34 heavy (non-hydrogen) atoms. The first-order valence-electron chi connectivity index (χ1n) is 11.8. The average molecular weight is 469 g/mol. The van der Waals surface area contributed by atoms with Crippen LogP contribution in [-0.4, -0.2) is 53.2 Å². The fourth-order valence-electron chi connectivity index (χ4n) is 4.04. The molecule has 8 heteroatoms. The minimum absolute atomic E-state index is 0.0668. The fourth-order valence-corrected chi connectivity index (χ4v) is 4.04. The average Bonchev–Trinajstić information content (AvgIpc) is 3.36. The van der Waals surface area contributed by atoms with Crippen LogP contribution in [0.15, 0.2) is 48.8 Å². The van der Waals surface area contributed by atoms with Crippen molar-refractivity contribution < 1.29 is 19.1 Å². The van der Waals surface area contributed by atoms with Crippen LogP contribution in [0, 0.1) is 0 Å². The number of methoxy groups -OCH3 is 1. The van der Waals surface area contributed by atoms with Crippen molar-refractivity contribution in [3.05, 3.63) is 59.9 Å². The highest BCUT2D eigenvalue weighted by atomic mass is 16.5. The van der Waals surface area contributed by atoms with E-state index in [0.29, 0.717) is 25.1 Å². The van der Waals surface area contributed by atoms with Crippen molar-refractivity contribution in [1.82, 2.24) is 15.2 Å². The van der Waals surface area contributed by atoms with E-state index in [4.69, 9.17) is 10.5 Å². The van der Waals surface area contributed by atoms with Gasteiger partial charge in [-0.05, 0) is 49.9 Å². The molecule has 1 fully saturated rings. The summed E-state index contributed by atoms with van der Waals surface area (Å²) in [5.41, 5.74) is 7.94. The number of pyridine rings is 1. The second kappa shape index (κ2) is 13.4. The zero-order chi connectivity index (χ0) is 25.1. The third-order valence-electron chi connectivity index (χ3n) is 5.81. The molecule has 1 aromatic heterocycles. The van der Waals surface area contributed by atoms with Gasteiger partial charge in [-0.25, -0.2) is 0 Å². The molecule has 2 heterocycles. The highest BCUT2D eigenvalue weighted by Gasteiger charge is 2.36. The summed E-state index contributed by atoms with van der Waals surface area (Å²) in [5, 5.41) is 2.84. The summed E-state index contributed by atoms with van der Waals surface area (Å²) in [6, 6.07) is 9.15. The maximum absolute atomic E-state index is 13.0. The van der Waals surface area contributed by atoms with Gasteiger partial charge in [-0.1, -0.05) is 32.0 Å². The van der Waals surface area contributed by atoms with Crippen LogP contribution in [-0.2, 0) is 20.8 Å². The summed E-state index contributed by atoms with van der Waals surface area (Å²) >= 11 is 0. The SMILES string of the molecule is CC.COc1ccccc1C(N)CC(=O)N1CCC[C@H]1C(=O)NC(Cc1ccncc1)C(C)=O. The molecule has 0 bridgehead atoms. The van der Waals surface area contributed by atoms with Crippen molar-refractivity contribution in [2.75, 3.05) is 13.7 Å².